The first kappa shape index (κ1) is 13.1. The minimum absolute atomic E-state index is 0.179. The van der Waals surface area contributed by atoms with Crippen LogP contribution in [0.25, 0.3) is 10.9 Å². The van der Waals surface area contributed by atoms with Gasteiger partial charge >= 0.3 is 0 Å². The Bertz CT molecular complexity index is 516. The SMILES string of the molecule is COC(C)Cn1ccc2cccc(CC(C)N)c21. The molecule has 2 unspecified atom stereocenters. The summed E-state index contributed by atoms with van der Waals surface area (Å²) in [7, 11) is 1.75. The highest BCUT2D eigenvalue weighted by atomic mass is 16.5. The number of methoxy groups -OCH3 is 1. The van der Waals surface area contributed by atoms with Crippen LogP contribution in [-0.4, -0.2) is 23.8 Å². The average Bonchev–Trinajstić information content (AvgIpc) is 2.73. The maximum atomic E-state index is 5.93. The molecule has 1 aromatic carbocycles. The molecule has 3 heteroatoms. The smallest absolute Gasteiger partial charge is 0.0722 e. The van der Waals surface area contributed by atoms with Crippen molar-refractivity contribution in [3.05, 3.63) is 36.0 Å². The Hall–Kier alpha value is -1.32. The lowest BCUT2D eigenvalue weighted by atomic mass is 10.0. The zero-order valence-corrected chi connectivity index (χ0v) is 11.4. The number of ether oxygens (including phenoxy) is 1. The molecule has 2 atom stereocenters. The molecule has 0 saturated heterocycles. The van der Waals surface area contributed by atoms with Crippen LogP contribution in [0, 0.1) is 0 Å². The van der Waals surface area contributed by atoms with E-state index in [0.717, 1.165) is 13.0 Å². The predicted octanol–water partition coefficient (Wildman–Crippen LogP) is 2.57. The first-order chi connectivity index (χ1) is 8.61. The van der Waals surface area contributed by atoms with E-state index < -0.39 is 0 Å². The second-order valence-corrected chi connectivity index (χ2v) is 5.05. The molecular weight excluding hydrogens is 224 g/mol. The van der Waals surface area contributed by atoms with E-state index in [1.807, 2.05) is 6.92 Å². The Morgan fingerprint density at radius 2 is 2.06 bits per heavy atom. The van der Waals surface area contributed by atoms with Gasteiger partial charge in [-0.15, -0.1) is 0 Å². The molecule has 18 heavy (non-hydrogen) atoms. The van der Waals surface area contributed by atoms with Crippen LogP contribution in [0.3, 0.4) is 0 Å². The first-order valence-corrected chi connectivity index (χ1v) is 6.47. The zero-order valence-electron chi connectivity index (χ0n) is 11.4. The summed E-state index contributed by atoms with van der Waals surface area (Å²) in [6, 6.07) is 8.75. The summed E-state index contributed by atoms with van der Waals surface area (Å²) in [5.41, 5.74) is 8.53. The lowest BCUT2D eigenvalue weighted by Crippen LogP contribution is -2.19. The van der Waals surface area contributed by atoms with Crippen molar-refractivity contribution in [1.82, 2.24) is 4.57 Å². The van der Waals surface area contributed by atoms with E-state index in [1.165, 1.54) is 16.5 Å². The number of hydrogen-bond acceptors (Lipinski definition) is 2. The molecule has 2 aromatic rings. The summed E-state index contributed by atoms with van der Waals surface area (Å²) in [5.74, 6) is 0. The van der Waals surface area contributed by atoms with E-state index >= 15 is 0 Å². The second-order valence-electron chi connectivity index (χ2n) is 5.05. The van der Waals surface area contributed by atoms with E-state index in [9.17, 15) is 0 Å². The second kappa shape index (κ2) is 5.55. The quantitative estimate of drug-likeness (QED) is 0.880. The molecule has 0 bridgehead atoms. The summed E-state index contributed by atoms with van der Waals surface area (Å²) < 4.78 is 7.61. The van der Waals surface area contributed by atoms with E-state index in [1.54, 1.807) is 7.11 Å². The molecule has 2 rings (SSSR count). The normalized spacial score (nSPS) is 14.9. The highest BCUT2D eigenvalue weighted by Crippen LogP contribution is 2.22. The maximum Gasteiger partial charge on any atom is 0.0722 e. The van der Waals surface area contributed by atoms with E-state index in [0.29, 0.717) is 0 Å². The van der Waals surface area contributed by atoms with Crippen molar-refractivity contribution in [3.63, 3.8) is 0 Å². The fourth-order valence-corrected chi connectivity index (χ4v) is 2.36. The van der Waals surface area contributed by atoms with Gasteiger partial charge in [0.1, 0.15) is 0 Å². The number of nitrogens with zero attached hydrogens (tertiary/aromatic N) is 1. The van der Waals surface area contributed by atoms with Crippen molar-refractivity contribution in [3.8, 4) is 0 Å². The van der Waals surface area contributed by atoms with Crippen LogP contribution in [0.2, 0.25) is 0 Å². The fraction of sp³-hybridized carbons (Fsp3) is 0.467. The molecule has 1 heterocycles. The van der Waals surface area contributed by atoms with Gasteiger partial charge < -0.3 is 15.0 Å². The third-order valence-electron chi connectivity index (χ3n) is 3.27. The molecule has 0 aliphatic heterocycles. The standard InChI is InChI=1S/C15H22N2O/c1-11(16)9-14-6-4-5-13-7-8-17(15(13)14)10-12(2)18-3/h4-8,11-12H,9-10,16H2,1-3H3. The van der Waals surface area contributed by atoms with Crippen LogP contribution in [-0.2, 0) is 17.7 Å². The van der Waals surface area contributed by atoms with Crippen LogP contribution in [0.1, 0.15) is 19.4 Å². The van der Waals surface area contributed by atoms with Crippen molar-refractivity contribution in [2.75, 3.05) is 7.11 Å². The largest absolute Gasteiger partial charge is 0.380 e. The van der Waals surface area contributed by atoms with Crippen LogP contribution in [0.5, 0.6) is 0 Å². The lowest BCUT2D eigenvalue weighted by molar-refractivity contribution is 0.104. The number of benzene rings is 1. The van der Waals surface area contributed by atoms with E-state index in [4.69, 9.17) is 10.5 Å². The minimum atomic E-state index is 0.179. The van der Waals surface area contributed by atoms with Gasteiger partial charge in [-0.1, -0.05) is 18.2 Å². The molecule has 0 saturated carbocycles. The number of aromatic nitrogens is 1. The number of hydrogen-bond donors (Lipinski definition) is 1. The fourth-order valence-electron chi connectivity index (χ4n) is 2.36. The molecule has 3 nitrogen and oxygen atoms in total. The molecule has 0 aliphatic rings. The Morgan fingerprint density at radius 1 is 1.28 bits per heavy atom. The van der Waals surface area contributed by atoms with Crippen molar-refractivity contribution in [2.45, 2.75) is 39.0 Å². The molecule has 2 N–H and O–H groups in total. The Kier molecular flexibility index (Phi) is 4.04. The topological polar surface area (TPSA) is 40.2 Å². The van der Waals surface area contributed by atoms with Gasteiger partial charge in [-0.25, -0.2) is 0 Å². The summed E-state index contributed by atoms with van der Waals surface area (Å²) >= 11 is 0. The number of para-hydroxylation sites is 1. The molecule has 0 amide bonds. The van der Waals surface area contributed by atoms with Crippen LogP contribution in [0.15, 0.2) is 30.5 Å². The monoisotopic (exact) mass is 246 g/mol. The Balaban J connectivity index is 2.41. The van der Waals surface area contributed by atoms with Crippen LogP contribution >= 0.6 is 0 Å². The molecule has 98 valence electrons. The molecule has 0 aliphatic carbocycles. The lowest BCUT2D eigenvalue weighted by Gasteiger charge is -2.14. The Morgan fingerprint density at radius 3 is 2.72 bits per heavy atom. The molecule has 0 spiro atoms. The zero-order chi connectivity index (χ0) is 13.1. The van der Waals surface area contributed by atoms with Crippen molar-refractivity contribution < 1.29 is 4.74 Å². The van der Waals surface area contributed by atoms with Gasteiger partial charge in [-0.2, -0.15) is 0 Å². The van der Waals surface area contributed by atoms with Gasteiger partial charge in [0.05, 0.1) is 11.6 Å². The summed E-state index contributed by atoms with van der Waals surface area (Å²) in [5, 5.41) is 1.27. The Labute approximate surface area is 109 Å². The van der Waals surface area contributed by atoms with Gasteiger partial charge in [0.25, 0.3) is 0 Å². The maximum absolute atomic E-state index is 5.93. The molecule has 0 radical (unpaired) electrons. The van der Waals surface area contributed by atoms with Gasteiger partial charge in [0, 0.05) is 25.9 Å². The van der Waals surface area contributed by atoms with Crippen LogP contribution < -0.4 is 5.73 Å². The average molecular weight is 246 g/mol. The highest BCUT2D eigenvalue weighted by molar-refractivity contribution is 5.83. The third kappa shape index (κ3) is 2.74. The summed E-state index contributed by atoms with van der Waals surface area (Å²) in [6.45, 7) is 5.00. The summed E-state index contributed by atoms with van der Waals surface area (Å²) in [4.78, 5) is 0. The van der Waals surface area contributed by atoms with Crippen molar-refractivity contribution in [2.24, 2.45) is 5.73 Å². The highest BCUT2D eigenvalue weighted by Gasteiger charge is 2.10. The third-order valence-corrected chi connectivity index (χ3v) is 3.27. The van der Waals surface area contributed by atoms with Gasteiger partial charge in [0.15, 0.2) is 0 Å². The number of rotatable bonds is 5. The molecule has 1 aromatic heterocycles. The number of fused-ring (bicyclic) bond motifs is 1. The molecule has 0 fully saturated rings. The van der Waals surface area contributed by atoms with E-state index in [2.05, 4.69) is 42.0 Å². The van der Waals surface area contributed by atoms with E-state index in [-0.39, 0.29) is 12.1 Å². The van der Waals surface area contributed by atoms with Gasteiger partial charge in [-0.3, -0.25) is 0 Å². The molecular formula is C15H22N2O. The predicted molar refractivity (Wildman–Crippen MR) is 75.8 cm³/mol. The first-order valence-electron chi connectivity index (χ1n) is 6.47. The summed E-state index contributed by atoms with van der Waals surface area (Å²) in [6.07, 6.45) is 3.25. The van der Waals surface area contributed by atoms with Gasteiger partial charge in [-0.05, 0) is 37.3 Å². The van der Waals surface area contributed by atoms with Crippen molar-refractivity contribution >= 4 is 10.9 Å². The minimum Gasteiger partial charge on any atom is -0.380 e. The van der Waals surface area contributed by atoms with Crippen LogP contribution in [0.4, 0.5) is 0 Å². The van der Waals surface area contributed by atoms with Crippen molar-refractivity contribution in [1.29, 1.82) is 0 Å². The number of nitrogens with two attached hydrogens (primary N) is 1. The van der Waals surface area contributed by atoms with Gasteiger partial charge in [0.2, 0.25) is 0 Å².